The third kappa shape index (κ3) is 5.18. The predicted molar refractivity (Wildman–Crippen MR) is 108 cm³/mol. The Labute approximate surface area is 161 Å². The molecule has 0 aromatic carbocycles. The van der Waals surface area contributed by atoms with E-state index in [1.165, 1.54) is 5.57 Å². The Hall–Kier alpha value is -2.63. The minimum Gasteiger partial charge on any atom is -0.424 e. The molecule has 0 aliphatic heterocycles. The van der Waals surface area contributed by atoms with E-state index in [-0.39, 0.29) is 11.9 Å². The molecule has 0 spiro atoms. The summed E-state index contributed by atoms with van der Waals surface area (Å²) in [6.07, 6.45) is 4.60. The number of aliphatic imine (C=N–C) groups is 1. The molecule has 0 radical (unpaired) electrons. The first-order chi connectivity index (χ1) is 12.8. The molecule has 27 heavy (non-hydrogen) atoms. The van der Waals surface area contributed by atoms with E-state index in [2.05, 4.69) is 15.3 Å². The molecule has 6 nitrogen and oxygen atoms in total. The summed E-state index contributed by atoms with van der Waals surface area (Å²) in [6.45, 7) is 9.60. The lowest BCUT2D eigenvalue weighted by atomic mass is 10.0. The fourth-order valence-electron chi connectivity index (χ4n) is 2.53. The molecule has 1 aromatic heterocycles. The van der Waals surface area contributed by atoms with Crippen LogP contribution in [0.3, 0.4) is 0 Å². The first-order valence-electron chi connectivity index (χ1n) is 9.36. The first-order valence-corrected chi connectivity index (χ1v) is 9.36. The van der Waals surface area contributed by atoms with Crippen molar-refractivity contribution in [3.8, 4) is 5.75 Å². The van der Waals surface area contributed by atoms with Crippen LogP contribution >= 0.6 is 0 Å². The third-order valence-corrected chi connectivity index (χ3v) is 4.88. The highest BCUT2D eigenvalue weighted by Gasteiger charge is 2.19. The van der Waals surface area contributed by atoms with Crippen LogP contribution < -0.4 is 15.8 Å². The van der Waals surface area contributed by atoms with Crippen molar-refractivity contribution in [3.05, 3.63) is 46.2 Å². The number of carbonyl (C=O) groups is 1. The number of hydrogen-bond donors (Lipinski definition) is 2. The number of rotatable bonds is 7. The molecule has 1 saturated carbocycles. The van der Waals surface area contributed by atoms with Crippen LogP contribution in [0.2, 0.25) is 0 Å². The summed E-state index contributed by atoms with van der Waals surface area (Å²) in [6, 6.07) is 1.82. The van der Waals surface area contributed by atoms with Crippen molar-refractivity contribution in [2.75, 3.05) is 7.05 Å². The van der Waals surface area contributed by atoms with Crippen LogP contribution in [0, 0.1) is 12.8 Å². The molecule has 0 bridgehead atoms. The smallest absolute Gasteiger partial charge is 0.314 e. The van der Waals surface area contributed by atoms with E-state index in [4.69, 9.17) is 10.5 Å². The van der Waals surface area contributed by atoms with Gasteiger partial charge >= 0.3 is 5.97 Å². The van der Waals surface area contributed by atoms with Gasteiger partial charge in [-0.1, -0.05) is 13.8 Å². The van der Waals surface area contributed by atoms with Gasteiger partial charge in [-0.25, -0.2) is 0 Å². The number of aryl methyl sites for hydroxylation is 1. The maximum atomic E-state index is 12.2. The van der Waals surface area contributed by atoms with E-state index < -0.39 is 0 Å². The summed E-state index contributed by atoms with van der Waals surface area (Å²) in [5, 5.41) is 3.26. The third-order valence-electron chi connectivity index (χ3n) is 4.88. The Morgan fingerprint density at radius 1 is 1.41 bits per heavy atom. The van der Waals surface area contributed by atoms with E-state index in [0.717, 1.165) is 47.6 Å². The molecule has 6 heteroatoms. The summed E-state index contributed by atoms with van der Waals surface area (Å²) in [5.41, 5.74) is 11.5. The van der Waals surface area contributed by atoms with Gasteiger partial charge in [-0.05, 0) is 57.2 Å². The highest BCUT2D eigenvalue weighted by Crippen LogP contribution is 2.29. The minimum atomic E-state index is -0.247. The Morgan fingerprint density at radius 3 is 2.63 bits per heavy atom. The van der Waals surface area contributed by atoms with Crippen LogP contribution in [0.1, 0.15) is 58.2 Å². The number of allylic oxidation sites excluding steroid dienone is 3. The van der Waals surface area contributed by atoms with Crippen molar-refractivity contribution in [1.29, 1.82) is 0 Å². The molecular weight excluding hydrogens is 340 g/mol. The summed E-state index contributed by atoms with van der Waals surface area (Å²) < 4.78 is 5.56. The van der Waals surface area contributed by atoms with Gasteiger partial charge in [0.2, 0.25) is 0 Å². The van der Waals surface area contributed by atoms with Gasteiger partial charge in [0.1, 0.15) is 0 Å². The van der Waals surface area contributed by atoms with Crippen molar-refractivity contribution >= 4 is 11.7 Å². The van der Waals surface area contributed by atoms with Crippen LogP contribution in [0.25, 0.3) is 0 Å². The van der Waals surface area contributed by atoms with Gasteiger partial charge in [0.15, 0.2) is 5.75 Å². The number of carbonyl (C=O) groups excluding carboxylic acids is 1. The SMILES string of the molecule is CCC(C)C(=O)Oc1cc(C(=N/C)/C(C)=C(\C)NC(N)=C2CC2)cnc1C. The second-order valence-electron chi connectivity index (χ2n) is 7.00. The average molecular weight is 370 g/mol. The average Bonchev–Trinajstić information content (AvgIpc) is 3.49. The summed E-state index contributed by atoms with van der Waals surface area (Å²) in [5.74, 6) is 0.798. The summed E-state index contributed by atoms with van der Waals surface area (Å²) in [4.78, 5) is 21.0. The standard InChI is InChI=1S/C21H30N4O2/c1-7-12(2)21(26)27-18-10-17(11-24-15(18)5)19(23-6)13(3)14(4)25-20(22)16-8-9-16/h10-12,25H,7-9,22H2,1-6H3/b14-13+,23-19+. The Morgan fingerprint density at radius 2 is 2.07 bits per heavy atom. The molecule has 2 rings (SSSR count). The fourth-order valence-corrected chi connectivity index (χ4v) is 2.53. The second kappa shape index (κ2) is 8.84. The topological polar surface area (TPSA) is 89.6 Å². The van der Waals surface area contributed by atoms with E-state index >= 15 is 0 Å². The number of pyridine rings is 1. The molecule has 146 valence electrons. The minimum absolute atomic E-state index is 0.154. The number of hydrogen-bond acceptors (Lipinski definition) is 6. The van der Waals surface area contributed by atoms with Crippen molar-refractivity contribution < 1.29 is 9.53 Å². The lowest BCUT2D eigenvalue weighted by Crippen LogP contribution is -2.21. The Bertz CT molecular complexity index is 815. The van der Waals surface area contributed by atoms with Gasteiger partial charge in [-0.3, -0.25) is 14.8 Å². The molecule has 1 heterocycles. The van der Waals surface area contributed by atoms with Gasteiger partial charge in [-0.15, -0.1) is 0 Å². The number of aromatic nitrogens is 1. The Balaban J connectivity index is 2.30. The molecule has 1 aromatic rings. The van der Waals surface area contributed by atoms with Gasteiger partial charge < -0.3 is 15.8 Å². The van der Waals surface area contributed by atoms with Crippen molar-refractivity contribution in [3.63, 3.8) is 0 Å². The lowest BCUT2D eigenvalue weighted by Gasteiger charge is -2.15. The van der Waals surface area contributed by atoms with Crippen molar-refractivity contribution in [1.82, 2.24) is 10.3 Å². The molecule has 0 saturated heterocycles. The van der Waals surface area contributed by atoms with E-state index in [1.807, 2.05) is 40.7 Å². The number of nitrogens with zero attached hydrogens (tertiary/aromatic N) is 2. The largest absolute Gasteiger partial charge is 0.424 e. The monoisotopic (exact) mass is 370 g/mol. The van der Waals surface area contributed by atoms with Gasteiger partial charge in [0.25, 0.3) is 0 Å². The van der Waals surface area contributed by atoms with Crippen LogP contribution in [-0.4, -0.2) is 23.7 Å². The maximum Gasteiger partial charge on any atom is 0.314 e. The Kier molecular flexibility index (Phi) is 6.77. The number of nitrogens with two attached hydrogens (primary N) is 1. The van der Waals surface area contributed by atoms with Crippen molar-refractivity contribution in [2.45, 2.75) is 53.9 Å². The molecule has 1 aliphatic carbocycles. The highest BCUT2D eigenvalue weighted by molar-refractivity contribution is 6.12. The highest BCUT2D eigenvalue weighted by atomic mass is 16.5. The molecule has 1 unspecified atom stereocenters. The van der Waals surface area contributed by atoms with E-state index in [1.54, 1.807) is 13.2 Å². The van der Waals surface area contributed by atoms with Crippen LogP contribution in [0.4, 0.5) is 0 Å². The molecular formula is C21H30N4O2. The van der Waals surface area contributed by atoms with Crippen LogP contribution in [0.5, 0.6) is 5.75 Å². The van der Waals surface area contributed by atoms with Gasteiger partial charge in [0.05, 0.1) is 23.1 Å². The van der Waals surface area contributed by atoms with Crippen molar-refractivity contribution in [2.24, 2.45) is 16.6 Å². The van der Waals surface area contributed by atoms with Crippen LogP contribution in [-0.2, 0) is 4.79 Å². The normalized spacial score (nSPS) is 15.8. The zero-order valence-corrected chi connectivity index (χ0v) is 17.1. The molecule has 1 fully saturated rings. The maximum absolute atomic E-state index is 12.2. The first kappa shape index (κ1) is 20.7. The predicted octanol–water partition coefficient (Wildman–Crippen LogP) is 3.61. The van der Waals surface area contributed by atoms with E-state index in [0.29, 0.717) is 11.4 Å². The van der Waals surface area contributed by atoms with E-state index in [9.17, 15) is 4.79 Å². The number of esters is 1. The van der Waals surface area contributed by atoms with Crippen LogP contribution in [0.15, 0.2) is 39.9 Å². The quantitative estimate of drug-likeness (QED) is 0.565. The fraction of sp³-hybridized carbons (Fsp3) is 0.476. The zero-order valence-electron chi connectivity index (χ0n) is 17.1. The molecule has 1 atom stereocenters. The molecule has 1 aliphatic rings. The van der Waals surface area contributed by atoms with Gasteiger partial charge in [0, 0.05) is 24.5 Å². The number of ether oxygens (including phenoxy) is 1. The number of nitrogens with one attached hydrogen (secondary N) is 1. The summed E-state index contributed by atoms with van der Waals surface area (Å²) >= 11 is 0. The lowest BCUT2D eigenvalue weighted by molar-refractivity contribution is -0.138. The molecule has 3 N–H and O–H groups in total. The summed E-state index contributed by atoms with van der Waals surface area (Å²) in [7, 11) is 1.74. The van der Waals surface area contributed by atoms with Gasteiger partial charge in [-0.2, -0.15) is 0 Å². The molecule has 0 amide bonds. The second-order valence-corrected chi connectivity index (χ2v) is 7.00. The zero-order chi connectivity index (χ0) is 20.1.